The van der Waals surface area contributed by atoms with Crippen molar-refractivity contribution in [3.8, 4) is 0 Å². The summed E-state index contributed by atoms with van der Waals surface area (Å²) < 4.78 is 13.8. The minimum absolute atomic E-state index is 0.0389. The summed E-state index contributed by atoms with van der Waals surface area (Å²) in [6.45, 7) is 3.42. The Morgan fingerprint density at radius 1 is 1.38 bits per heavy atom. The molecule has 0 saturated carbocycles. The molecule has 1 aromatic rings. The summed E-state index contributed by atoms with van der Waals surface area (Å²) in [4.78, 5) is 28.7. The van der Waals surface area contributed by atoms with Crippen molar-refractivity contribution in [2.45, 2.75) is 57.2 Å². The molecule has 0 radical (unpaired) electrons. The van der Waals surface area contributed by atoms with Crippen molar-refractivity contribution in [3.05, 3.63) is 35.6 Å². The lowest BCUT2D eigenvalue weighted by Crippen LogP contribution is -2.64. The molecule has 5 nitrogen and oxygen atoms in total. The summed E-state index contributed by atoms with van der Waals surface area (Å²) in [5, 5.41) is 3.15. The average molecular weight is 361 g/mol. The molecular formula is C20H28FN3O2. The smallest absolute Gasteiger partial charge is 0.237 e. The first kappa shape index (κ1) is 18.8. The molecule has 1 aromatic carbocycles. The van der Waals surface area contributed by atoms with Gasteiger partial charge < -0.3 is 10.2 Å². The van der Waals surface area contributed by atoms with Gasteiger partial charge in [0.2, 0.25) is 11.8 Å². The highest BCUT2D eigenvalue weighted by Gasteiger charge is 2.44. The normalized spacial score (nSPS) is 26.2. The monoisotopic (exact) mass is 361 g/mol. The Hall–Kier alpha value is -1.95. The second kappa shape index (κ2) is 7.74. The number of hydrogen-bond donors (Lipinski definition) is 1. The molecule has 2 saturated heterocycles. The predicted molar refractivity (Wildman–Crippen MR) is 97.9 cm³/mol. The fraction of sp³-hybridized carbons (Fsp3) is 0.600. The topological polar surface area (TPSA) is 52.7 Å². The zero-order valence-electron chi connectivity index (χ0n) is 15.6. The van der Waals surface area contributed by atoms with E-state index in [9.17, 15) is 14.0 Å². The van der Waals surface area contributed by atoms with Crippen LogP contribution in [0.1, 0.15) is 44.6 Å². The summed E-state index contributed by atoms with van der Waals surface area (Å²) >= 11 is 0. The highest BCUT2D eigenvalue weighted by atomic mass is 19.1. The molecule has 0 unspecified atom stereocenters. The first-order valence-electron chi connectivity index (χ1n) is 9.41. The molecule has 0 bridgehead atoms. The van der Waals surface area contributed by atoms with Gasteiger partial charge in [0.1, 0.15) is 5.82 Å². The quantitative estimate of drug-likeness (QED) is 0.895. The number of piperidine rings is 1. The van der Waals surface area contributed by atoms with Crippen molar-refractivity contribution < 1.29 is 14.0 Å². The number of likely N-dealkylation sites (N-methyl/N-ethyl adjacent to an activating group) is 1. The highest BCUT2D eigenvalue weighted by Crippen LogP contribution is 2.33. The number of halogens is 1. The largest absolute Gasteiger partial charge is 0.349 e. The molecule has 6 heteroatoms. The lowest BCUT2D eigenvalue weighted by molar-refractivity contribution is -0.139. The van der Waals surface area contributed by atoms with Gasteiger partial charge in [-0.15, -0.1) is 0 Å². The zero-order chi connectivity index (χ0) is 18.7. The van der Waals surface area contributed by atoms with Gasteiger partial charge in [0, 0.05) is 25.1 Å². The molecule has 142 valence electrons. The lowest BCUT2D eigenvalue weighted by atomic mass is 9.81. The third kappa shape index (κ3) is 4.06. The maximum atomic E-state index is 13.8. The number of benzene rings is 1. The Bertz CT molecular complexity index is 681. The minimum Gasteiger partial charge on any atom is -0.349 e. The molecule has 0 aliphatic carbocycles. The number of fused-ring (bicyclic) bond motifs is 1. The predicted octanol–water partition coefficient (Wildman–Crippen LogP) is 2.31. The van der Waals surface area contributed by atoms with Gasteiger partial charge in [-0.3, -0.25) is 14.5 Å². The molecule has 26 heavy (non-hydrogen) atoms. The zero-order valence-corrected chi connectivity index (χ0v) is 15.6. The Morgan fingerprint density at radius 2 is 2.15 bits per heavy atom. The van der Waals surface area contributed by atoms with E-state index in [1.807, 2.05) is 16.8 Å². The number of nitrogens with zero attached hydrogens (tertiary/aromatic N) is 2. The standard InChI is InChI=1S/C20H28FN3O2/c1-20-11-6-12-24(17(20)9-5-10-18(25)22-20)19(26)14-23(2)13-15-7-3-4-8-16(15)21/h3-4,7-8,17H,5-6,9-14H2,1-2H3,(H,22,25)/t17-,20-/m0/s1. The number of carbonyl (C=O) groups is 2. The van der Waals surface area contributed by atoms with Crippen LogP contribution >= 0.6 is 0 Å². The first-order valence-corrected chi connectivity index (χ1v) is 9.41. The summed E-state index contributed by atoms with van der Waals surface area (Å²) in [5.41, 5.74) is 0.249. The Labute approximate surface area is 154 Å². The van der Waals surface area contributed by atoms with Crippen LogP contribution in [0.15, 0.2) is 24.3 Å². The molecule has 1 N–H and O–H groups in total. The molecular weight excluding hydrogens is 333 g/mol. The van der Waals surface area contributed by atoms with E-state index in [0.29, 0.717) is 18.5 Å². The maximum absolute atomic E-state index is 13.8. The molecule has 0 spiro atoms. The van der Waals surface area contributed by atoms with Crippen molar-refractivity contribution >= 4 is 11.8 Å². The van der Waals surface area contributed by atoms with E-state index in [4.69, 9.17) is 0 Å². The van der Waals surface area contributed by atoms with Crippen LogP contribution in [0.3, 0.4) is 0 Å². The third-order valence-electron chi connectivity index (χ3n) is 5.64. The van der Waals surface area contributed by atoms with Gasteiger partial charge in [-0.2, -0.15) is 0 Å². The van der Waals surface area contributed by atoms with Gasteiger partial charge in [0.25, 0.3) is 0 Å². The minimum atomic E-state index is -0.342. The van der Waals surface area contributed by atoms with Crippen LogP contribution < -0.4 is 5.32 Å². The lowest BCUT2D eigenvalue weighted by Gasteiger charge is -2.48. The number of likely N-dealkylation sites (tertiary alicyclic amines) is 1. The Morgan fingerprint density at radius 3 is 2.92 bits per heavy atom. The van der Waals surface area contributed by atoms with E-state index >= 15 is 0 Å². The van der Waals surface area contributed by atoms with Crippen molar-refractivity contribution in [2.75, 3.05) is 20.1 Å². The first-order chi connectivity index (χ1) is 12.4. The summed E-state index contributed by atoms with van der Waals surface area (Å²) in [6, 6.07) is 6.69. The van der Waals surface area contributed by atoms with Crippen LogP contribution in [0, 0.1) is 5.82 Å². The fourth-order valence-corrected chi connectivity index (χ4v) is 4.33. The van der Waals surface area contributed by atoms with Crippen LogP contribution in [0.5, 0.6) is 0 Å². The molecule has 3 rings (SSSR count). The second-order valence-corrected chi connectivity index (χ2v) is 7.83. The number of carbonyl (C=O) groups excluding carboxylic acids is 2. The average Bonchev–Trinajstić information content (AvgIpc) is 2.73. The van der Waals surface area contributed by atoms with Crippen molar-refractivity contribution in [2.24, 2.45) is 0 Å². The van der Waals surface area contributed by atoms with Gasteiger partial charge in [0.05, 0.1) is 18.1 Å². The van der Waals surface area contributed by atoms with E-state index < -0.39 is 0 Å². The second-order valence-electron chi connectivity index (χ2n) is 7.83. The molecule has 2 fully saturated rings. The van der Waals surface area contributed by atoms with E-state index in [-0.39, 0.29) is 35.8 Å². The van der Waals surface area contributed by atoms with Crippen molar-refractivity contribution in [1.82, 2.24) is 15.1 Å². The number of hydrogen-bond acceptors (Lipinski definition) is 3. The summed E-state index contributed by atoms with van der Waals surface area (Å²) in [6.07, 6.45) is 3.97. The van der Waals surface area contributed by atoms with Gasteiger partial charge in [-0.25, -0.2) is 4.39 Å². The van der Waals surface area contributed by atoms with Gasteiger partial charge in [0.15, 0.2) is 0 Å². The Kier molecular flexibility index (Phi) is 5.61. The van der Waals surface area contributed by atoms with Crippen molar-refractivity contribution in [3.63, 3.8) is 0 Å². The van der Waals surface area contributed by atoms with Crippen LogP contribution in [0.4, 0.5) is 4.39 Å². The van der Waals surface area contributed by atoms with Gasteiger partial charge in [-0.05, 0) is 45.7 Å². The molecule has 2 aliphatic rings. The summed E-state index contributed by atoms with van der Waals surface area (Å²) in [5.74, 6) is -0.110. The van der Waals surface area contributed by atoms with E-state index in [0.717, 1.165) is 32.2 Å². The van der Waals surface area contributed by atoms with Crippen LogP contribution in [-0.2, 0) is 16.1 Å². The maximum Gasteiger partial charge on any atom is 0.237 e. The van der Waals surface area contributed by atoms with Crippen LogP contribution in [-0.4, -0.2) is 53.3 Å². The summed E-state index contributed by atoms with van der Waals surface area (Å²) in [7, 11) is 1.84. The molecule has 2 amide bonds. The molecule has 2 aliphatic heterocycles. The Balaban J connectivity index is 1.66. The van der Waals surface area contributed by atoms with E-state index in [1.165, 1.54) is 6.07 Å². The van der Waals surface area contributed by atoms with E-state index in [1.54, 1.807) is 18.2 Å². The fourth-order valence-electron chi connectivity index (χ4n) is 4.33. The molecule has 0 aromatic heterocycles. The van der Waals surface area contributed by atoms with Gasteiger partial charge >= 0.3 is 0 Å². The van der Waals surface area contributed by atoms with Crippen molar-refractivity contribution in [1.29, 1.82) is 0 Å². The number of rotatable bonds is 4. The third-order valence-corrected chi connectivity index (χ3v) is 5.64. The highest BCUT2D eigenvalue weighted by molar-refractivity contribution is 5.80. The SMILES string of the molecule is CN(CC(=O)N1CCC[C@]2(C)NC(=O)CCC[C@H]12)Cc1ccccc1F. The van der Waals surface area contributed by atoms with E-state index in [2.05, 4.69) is 12.2 Å². The van der Waals surface area contributed by atoms with Gasteiger partial charge in [-0.1, -0.05) is 18.2 Å². The number of nitrogens with one attached hydrogen (secondary N) is 1. The number of amides is 2. The van der Waals surface area contributed by atoms with Crippen LogP contribution in [0.2, 0.25) is 0 Å². The van der Waals surface area contributed by atoms with Crippen LogP contribution in [0.25, 0.3) is 0 Å². The molecule has 2 atom stereocenters. The molecule has 2 heterocycles.